The second-order valence-corrected chi connectivity index (χ2v) is 8.09. The molecule has 3 atom stereocenters. The molecule has 0 heterocycles. The maximum Gasteiger partial charge on any atom is 0.0611 e. The van der Waals surface area contributed by atoms with Crippen LogP contribution in [-0.2, 0) is 12.8 Å². The van der Waals surface area contributed by atoms with E-state index in [1.165, 1.54) is 44.1 Å². The standard InChI is InChI=1S/C22H33NO/c1-2-3-4-5-6-17-7-8-19-14-20(10-9-18(19)13-17)21-11-12-22(23,15-21)16-24/h4-5,9-10,14,17,21,24H,2-3,6-8,11-13,15-16,23H2,1H3/b5-4-/t17-,21+,22-/m1/s1. The molecule has 2 aliphatic carbocycles. The molecule has 0 radical (unpaired) electrons. The molecule has 0 bridgehead atoms. The van der Waals surface area contributed by atoms with Gasteiger partial charge in [-0.2, -0.15) is 0 Å². The predicted octanol–water partition coefficient (Wildman–Crippen LogP) is 4.50. The molecule has 0 spiro atoms. The third-order valence-corrected chi connectivity index (χ3v) is 6.08. The number of hydrogen-bond acceptors (Lipinski definition) is 2. The number of benzene rings is 1. The molecule has 132 valence electrons. The first kappa shape index (κ1) is 17.7. The first-order valence-corrected chi connectivity index (χ1v) is 9.80. The van der Waals surface area contributed by atoms with Crippen LogP contribution in [0.1, 0.15) is 74.5 Å². The average Bonchev–Trinajstić information content (AvgIpc) is 3.01. The van der Waals surface area contributed by atoms with E-state index in [-0.39, 0.29) is 12.1 Å². The number of aryl methyl sites for hydroxylation is 1. The number of rotatable bonds is 6. The van der Waals surface area contributed by atoms with Crippen LogP contribution in [0.2, 0.25) is 0 Å². The van der Waals surface area contributed by atoms with Crippen molar-refractivity contribution in [2.75, 3.05) is 6.61 Å². The van der Waals surface area contributed by atoms with Crippen LogP contribution < -0.4 is 5.73 Å². The van der Waals surface area contributed by atoms with E-state index in [0.717, 1.165) is 25.2 Å². The van der Waals surface area contributed by atoms with Gasteiger partial charge in [-0.25, -0.2) is 0 Å². The van der Waals surface area contributed by atoms with Gasteiger partial charge in [0.05, 0.1) is 6.61 Å². The molecular formula is C22H33NO. The summed E-state index contributed by atoms with van der Waals surface area (Å²) < 4.78 is 0. The van der Waals surface area contributed by atoms with Crippen molar-refractivity contribution in [3.63, 3.8) is 0 Å². The minimum absolute atomic E-state index is 0.113. The molecule has 2 heteroatoms. The summed E-state index contributed by atoms with van der Waals surface area (Å²) >= 11 is 0. The van der Waals surface area contributed by atoms with Crippen LogP contribution in [-0.4, -0.2) is 17.3 Å². The van der Waals surface area contributed by atoms with Gasteiger partial charge in [0.2, 0.25) is 0 Å². The molecule has 0 aromatic heterocycles. The van der Waals surface area contributed by atoms with Gasteiger partial charge in [-0.3, -0.25) is 0 Å². The van der Waals surface area contributed by atoms with Crippen LogP contribution in [0.5, 0.6) is 0 Å². The number of nitrogens with two attached hydrogens (primary N) is 1. The second kappa shape index (κ2) is 7.84. The highest BCUT2D eigenvalue weighted by Crippen LogP contribution is 2.40. The van der Waals surface area contributed by atoms with Crippen molar-refractivity contribution < 1.29 is 5.11 Å². The van der Waals surface area contributed by atoms with Gasteiger partial charge in [0, 0.05) is 5.54 Å². The first-order valence-electron chi connectivity index (χ1n) is 9.80. The molecule has 1 fully saturated rings. The zero-order chi connectivity index (χ0) is 17.0. The number of hydrogen-bond donors (Lipinski definition) is 2. The van der Waals surface area contributed by atoms with E-state index < -0.39 is 0 Å². The van der Waals surface area contributed by atoms with E-state index in [2.05, 4.69) is 37.3 Å². The average molecular weight is 328 g/mol. The number of allylic oxidation sites excluding steroid dienone is 2. The molecule has 2 aliphatic rings. The Labute approximate surface area is 147 Å². The molecule has 0 unspecified atom stereocenters. The zero-order valence-corrected chi connectivity index (χ0v) is 15.1. The van der Waals surface area contributed by atoms with Gasteiger partial charge in [-0.1, -0.05) is 43.7 Å². The van der Waals surface area contributed by atoms with Crippen LogP contribution in [0.15, 0.2) is 30.4 Å². The lowest BCUT2D eigenvalue weighted by Crippen LogP contribution is -2.40. The third kappa shape index (κ3) is 4.10. The van der Waals surface area contributed by atoms with E-state index in [1.54, 1.807) is 11.1 Å². The minimum atomic E-state index is -0.351. The molecule has 24 heavy (non-hydrogen) atoms. The Morgan fingerprint density at radius 2 is 2.12 bits per heavy atom. The molecule has 2 nitrogen and oxygen atoms in total. The van der Waals surface area contributed by atoms with Gasteiger partial charge in [0.1, 0.15) is 0 Å². The molecule has 1 saturated carbocycles. The van der Waals surface area contributed by atoms with E-state index >= 15 is 0 Å². The maximum absolute atomic E-state index is 9.49. The topological polar surface area (TPSA) is 46.2 Å². The van der Waals surface area contributed by atoms with E-state index in [4.69, 9.17) is 5.73 Å². The van der Waals surface area contributed by atoms with Crippen molar-refractivity contribution in [1.29, 1.82) is 0 Å². The molecule has 0 aliphatic heterocycles. The summed E-state index contributed by atoms with van der Waals surface area (Å²) in [6.07, 6.45) is 15.2. The van der Waals surface area contributed by atoms with Crippen LogP contribution in [0.25, 0.3) is 0 Å². The number of aliphatic hydroxyl groups excluding tert-OH is 1. The fourth-order valence-electron chi connectivity index (χ4n) is 4.46. The van der Waals surface area contributed by atoms with E-state index in [1.807, 2.05) is 0 Å². The fraction of sp³-hybridized carbons (Fsp3) is 0.636. The Kier molecular flexibility index (Phi) is 5.78. The monoisotopic (exact) mass is 327 g/mol. The molecular weight excluding hydrogens is 294 g/mol. The quantitative estimate of drug-likeness (QED) is 0.756. The Hall–Kier alpha value is -1.12. The lowest BCUT2D eigenvalue weighted by atomic mass is 9.80. The third-order valence-electron chi connectivity index (χ3n) is 6.08. The van der Waals surface area contributed by atoms with Crippen molar-refractivity contribution in [3.05, 3.63) is 47.0 Å². The SMILES string of the molecule is CCC/C=C\C[C@@H]1CCc2cc([C@H]3CC[C@](N)(CO)C3)ccc2C1. The van der Waals surface area contributed by atoms with Crippen molar-refractivity contribution in [3.8, 4) is 0 Å². The number of unbranched alkanes of at least 4 members (excludes halogenated alkanes) is 1. The summed E-state index contributed by atoms with van der Waals surface area (Å²) in [6.45, 7) is 2.35. The molecule has 0 saturated heterocycles. The van der Waals surface area contributed by atoms with E-state index in [9.17, 15) is 5.11 Å². The molecule has 3 rings (SSSR count). The summed E-state index contributed by atoms with van der Waals surface area (Å²) in [5.41, 5.74) is 10.5. The van der Waals surface area contributed by atoms with Gasteiger partial charge in [0.15, 0.2) is 0 Å². The highest BCUT2D eigenvalue weighted by molar-refractivity contribution is 5.36. The fourth-order valence-corrected chi connectivity index (χ4v) is 4.46. The van der Waals surface area contributed by atoms with Crippen molar-refractivity contribution in [2.45, 2.75) is 76.2 Å². The molecule has 3 N–H and O–H groups in total. The van der Waals surface area contributed by atoms with Gasteiger partial charge in [0.25, 0.3) is 0 Å². The lowest BCUT2D eigenvalue weighted by Gasteiger charge is -2.25. The highest BCUT2D eigenvalue weighted by Gasteiger charge is 2.36. The Morgan fingerprint density at radius 3 is 2.88 bits per heavy atom. The largest absolute Gasteiger partial charge is 0.394 e. The van der Waals surface area contributed by atoms with Crippen LogP contribution in [0.4, 0.5) is 0 Å². The maximum atomic E-state index is 9.49. The minimum Gasteiger partial charge on any atom is -0.394 e. The van der Waals surface area contributed by atoms with Crippen LogP contribution >= 0.6 is 0 Å². The summed E-state index contributed by atoms with van der Waals surface area (Å²) in [5.74, 6) is 1.34. The summed E-state index contributed by atoms with van der Waals surface area (Å²) in [7, 11) is 0. The molecule has 1 aromatic rings. The lowest BCUT2D eigenvalue weighted by molar-refractivity contribution is 0.198. The normalized spacial score (nSPS) is 30.0. The van der Waals surface area contributed by atoms with Crippen LogP contribution in [0.3, 0.4) is 0 Å². The Morgan fingerprint density at radius 1 is 1.25 bits per heavy atom. The van der Waals surface area contributed by atoms with Gasteiger partial charge in [-0.15, -0.1) is 0 Å². The summed E-state index contributed by atoms with van der Waals surface area (Å²) in [5, 5.41) is 9.49. The van der Waals surface area contributed by atoms with Gasteiger partial charge in [-0.05, 0) is 79.9 Å². The van der Waals surface area contributed by atoms with Crippen molar-refractivity contribution in [1.82, 2.24) is 0 Å². The molecule has 1 aromatic carbocycles. The first-order chi connectivity index (χ1) is 11.6. The predicted molar refractivity (Wildman–Crippen MR) is 101 cm³/mol. The Bertz CT molecular complexity index is 579. The summed E-state index contributed by atoms with van der Waals surface area (Å²) in [6, 6.07) is 7.12. The summed E-state index contributed by atoms with van der Waals surface area (Å²) in [4.78, 5) is 0. The van der Waals surface area contributed by atoms with Crippen LogP contribution in [0, 0.1) is 5.92 Å². The van der Waals surface area contributed by atoms with Gasteiger partial charge >= 0.3 is 0 Å². The van der Waals surface area contributed by atoms with E-state index in [0.29, 0.717) is 5.92 Å². The Balaban J connectivity index is 1.62. The second-order valence-electron chi connectivity index (χ2n) is 8.09. The highest BCUT2D eigenvalue weighted by atomic mass is 16.3. The van der Waals surface area contributed by atoms with Crippen molar-refractivity contribution in [2.24, 2.45) is 11.7 Å². The molecule has 0 amide bonds. The smallest absolute Gasteiger partial charge is 0.0611 e. The zero-order valence-electron chi connectivity index (χ0n) is 15.1. The number of fused-ring (bicyclic) bond motifs is 1. The number of aliphatic hydroxyl groups is 1. The van der Waals surface area contributed by atoms with Gasteiger partial charge < -0.3 is 10.8 Å². The van der Waals surface area contributed by atoms with Crippen molar-refractivity contribution >= 4 is 0 Å².